The summed E-state index contributed by atoms with van der Waals surface area (Å²) in [6.07, 6.45) is 3.69. The normalized spacial score (nSPS) is 15.5. The van der Waals surface area contributed by atoms with Crippen LogP contribution < -0.4 is 15.4 Å². The molecule has 9 nitrogen and oxygen atoms in total. The van der Waals surface area contributed by atoms with Crippen LogP contribution in [0.3, 0.4) is 0 Å². The molecule has 1 saturated heterocycles. The lowest BCUT2D eigenvalue weighted by atomic mass is 9.81. The van der Waals surface area contributed by atoms with Gasteiger partial charge in [0.05, 0.1) is 19.9 Å². The van der Waals surface area contributed by atoms with Crippen LogP contribution in [0.5, 0.6) is 5.88 Å². The number of pyridine rings is 1. The van der Waals surface area contributed by atoms with E-state index in [-0.39, 0.29) is 39.3 Å². The van der Waals surface area contributed by atoms with E-state index in [2.05, 4.69) is 15.0 Å². The topological polar surface area (TPSA) is 121 Å². The summed E-state index contributed by atoms with van der Waals surface area (Å²) in [5.74, 6) is 0.229. The largest absolute Gasteiger partial charge is 0.480 e. The maximum atomic E-state index is 12.8. The van der Waals surface area contributed by atoms with Crippen LogP contribution in [-0.2, 0) is 4.74 Å². The number of nitrogens with zero attached hydrogens (tertiary/aromatic N) is 4. The Labute approximate surface area is 183 Å². The summed E-state index contributed by atoms with van der Waals surface area (Å²) in [5, 5.41) is 0.0650. The minimum absolute atomic E-state index is 0.00715. The Morgan fingerprint density at radius 3 is 2.57 bits per heavy atom. The van der Waals surface area contributed by atoms with Crippen LogP contribution in [0.2, 0.25) is 10.2 Å². The molecule has 1 amide bonds. The highest BCUT2D eigenvalue weighted by Crippen LogP contribution is 2.33. The Bertz CT molecular complexity index is 964. The zero-order valence-electron chi connectivity index (χ0n) is 16.5. The molecule has 160 valence electrons. The van der Waals surface area contributed by atoms with Crippen molar-refractivity contribution >= 4 is 40.9 Å². The van der Waals surface area contributed by atoms with Gasteiger partial charge in [0, 0.05) is 30.3 Å². The molecule has 1 fully saturated rings. The molecule has 0 bridgehead atoms. The predicted octanol–water partition coefficient (Wildman–Crippen LogP) is 3.12. The van der Waals surface area contributed by atoms with Crippen molar-refractivity contribution in [2.75, 3.05) is 31.7 Å². The summed E-state index contributed by atoms with van der Waals surface area (Å²) in [4.78, 5) is 38.2. The highest BCUT2D eigenvalue weighted by atomic mass is 35.5. The van der Waals surface area contributed by atoms with Gasteiger partial charge in [-0.3, -0.25) is 4.79 Å². The molecule has 0 aromatic carbocycles. The van der Waals surface area contributed by atoms with Gasteiger partial charge in [0.15, 0.2) is 5.15 Å². The zero-order valence-corrected chi connectivity index (χ0v) is 18.0. The van der Waals surface area contributed by atoms with E-state index in [1.807, 2.05) is 11.8 Å². The van der Waals surface area contributed by atoms with Crippen LogP contribution in [0.25, 0.3) is 0 Å². The molecule has 2 aromatic heterocycles. The third-order valence-corrected chi connectivity index (χ3v) is 5.71. The number of carbonyl (C=O) groups is 2. The standard InChI is InChI=1S/C19H21Cl2N5O4/c1-19(10-30-18(22)28)4-7-26(8-5-19)12-9-24-14(16(21)25-12)15(27)11-3-6-23-17(29-2)13(11)20/h3,6,9H,4-5,7-8,10H2,1-2H3,(H2,22,28). The second-order valence-corrected chi connectivity index (χ2v) is 8.02. The number of carbonyl (C=O) groups excluding carboxylic acids is 2. The quantitative estimate of drug-likeness (QED) is 0.661. The maximum absolute atomic E-state index is 12.8. The number of anilines is 1. The number of nitrogens with two attached hydrogens (primary N) is 1. The Morgan fingerprint density at radius 1 is 1.27 bits per heavy atom. The zero-order chi connectivity index (χ0) is 21.9. The first kappa shape index (κ1) is 22.0. The minimum atomic E-state index is -0.775. The molecule has 1 aliphatic heterocycles. The number of primary amides is 1. The molecule has 2 N–H and O–H groups in total. The van der Waals surface area contributed by atoms with Crippen molar-refractivity contribution in [3.05, 3.63) is 39.9 Å². The molecule has 0 aliphatic carbocycles. The van der Waals surface area contributed by atoms with Gasteiger partial charge in [-0.05, 0) is 18.9 Å². The fraction of sp³-hybridized carbons (Fsp3) is 0.421. The second-order valence-electron chi connectivity index (χ2n) is 7.28. The molecule has 0 spiro atoms. The van der Waals surface area contributed by atoms with Crippen molar-refractivity contribution in [3.8, 4) is 5.88 Å². The third-order valence-electron chi connectivity index (χ3n) is 5.08. The molecule has 0 radical (unpaired) electrons. The molecule has 1 aliphatic rings. The molecule has 0 atom stereocenters. The Morgan fingerprint density at radius 2 is 1.97 bits per heavy atom. The van der Waals surface area contributed by atoms with Crippen LogP contribution in [0, 0.1) is 5.41 Å². The van der Waals surface area contributed by atoms with Gasteiger partial charge < -0.3 is 20.1 Å². The number of piperidine rings is 1. The van der Waals surface area contributed by atoms with Gasteiger partial charge in [-0.15, -0.1) is 0 Å². The average molecular weight is 454 g/mol. The van der Waals surface area contributed by atoms with Crippen molar-refractivity contribution in [2.24, 2.45) is 11.1 Å². The van der Waals surface area contributed by atoms with E-state index in [0.29, 0.717) is 18.9 Å². The van der Waals surface area contributed by atoms with Gasteiger partial charge in [-0.2, -0.15) is 0 Å². The van der Waals surface area contributed by atoms with E-state index < -0.39 is 11.9 Å². The number of aromatic nitrogens is 3. The molecule has 0 unspecified atom stereocenters. The molecule has 30 heavy (non-hydrogen) atoms. The first-order valence-electron chi connectivity index (χ1n) is 9.17. The summed E-state index contributed by atoms with van der Waals surface area (Å²) in [5.41, 5.74) is 5.07. The summed E-state index contributed by atoms with van der Waals surface area (Å²) >= 11 is 12.5. The van der Waals surface area contributed by atoms with Gasteiger partial charge >= 0.3 is 6.09 Å². The van der Waals surface area contributed by atoms with Gasteiger partial charge in [0.25, 0.3) is 0 Å². The van der Waals surface area contributed by atoms with Crippen molar-refractivity contribution in [3.63, 3.8) is 0 Å². The Kier molecular flexibility index (Phi) is 6.62. The van der Waals surface area contributed by atoms with E-state index in [1.54, 1.807) is 0 Å². The fourth-order valence-electron chi connectivity index (χ4n) is 3.20. The minimum Gasteiger partial charge on any atom is -0.480 e. The smallest absolute Gasteiger partial charge is 0.404 e. The SMILES string of the molecule is COc1nccc(C(=O)c2ncc(N3CCC(C)(COC(N)=O)CC3)nc2Cl)c1Cl. The van der Waals surface area contributed by atoms with E-state index >= 15 is 0 Å². The average Bonchev–Trinajstić information content (AvgIpc) is 2.72. The maximum Gasteiger partial charge on any atom is 0.404 e. The van der Waals surface area contributed by atoms with Crippen LogP contribution in [0.1, 0.15) is 35.8 Å². The summed E-state index contributed by atoms with van der Waals surface area (Å²) in [6.45, 7) is 3.65. The number of amides is 1. The van der Waals surface area contributed by atoms with E-state index in [9.17, 15) is 9.59 Å². The number of halogens is 2. The molecule has 3 heterocycles. The predicted molar refractivity (Wildman–Crippen MR) is 111 cm³/mol. The molecular weight excluding hydrogens is 433 g/mol. The second kappa shape index (κ2) is 9.01. The van der Waals surface area contributed by atoms with Crippen molar-refractivity contribution in [1.29, 1.82) is 0 Å². The van der Waals surface area contributed by atoms with E-state index in [0.717, 1.165) is 12.8 Å². The van der Waals surface area contributed by atoms with E-state index in [1.165, 1.54) is 25.6 Å². The highest BCUT2D eigenvalue weighted by molar-refractivity contribution is 6.38. The first-order chi connectivity index (χ1) is 14.2. The molecule has 3 rings (SSSR count). The lowest BCUT2D eigenvalue weighted by molar-refractivity contribution is 0.0818. The lowest BCUT2D eigenvalue weighted by Gasteiger charge is -2.39. The van der Waals surface area contributed by atoms with Crippen molar-refractivity contribution < 1.29 is 19.1 Å². The first-order valence-corrected chi connectivity index (χ1v) is 9.92. The fourth-order valence-corrected chi connectivity index (χ4v) is 3.69. The third kappa shape index (κ3) is 4.73. The number of ether oxygens (including phenoxy) is 2. The van der Waals surface area contributed by atoms with Crippen LogP contribution >= 0.6 is 23.2 Å². The van der Waals surface area contributed by atoms with Crippen LogP contribution in [0.15, 0.2) is 18.5 Å². The van der Waals surface area contributed by atoms with Crippen LogP contribution in [-0.4, -0.2) is 53.6 Å². The number of methoxy groups -OCH3 is 1. The Hall–Kier alpha value is -2.65. The Balaban J connectivity index is 1.74. The lowest BCUT2D eigenvalue weighted by Crippen LogP contribution is -2.42. The summed E-state index contributed by atoms with van der Waals surface area (Å²) < 4.78 is 10.0. The molecule has 0 saturated carbocycles. The molecular formula is C19H21Cl2N5O4. The van der Waals surface area contributed by atoms with E-state index in [4.69, 9.17) is 38.4 Å². The number of hydrogen-bond donors (Lipinski definition) is 1. The van der Waals surface area contributed by atoms with Crippen molar-refractivity contribution in [1.82, 2.24) is 15.0 Å². The van der Waals surface area contributed by atoms with Gasteiger partial charge in [-0.1, -0.05) is 30.1 Å². The molecule has 11 heteroatoms. The summed E-state index contributed by atoms with van der Waals surface area (Å²) in [7, 11) is 1.41. The number of rotatable bonds is 6. The molecule has 2 aromatic rings. The number of ketones is 1. The van der Waals surface area contributed by atoms with Crippen molar-refractivity contribution in [2.45, 2.75) is 19.8 Å². The number of hydrogen-bond acceptors (Lipinski definition) is 8. The van der Waals surface area contributed by atoms with Gasteiger partial charge in [-0.25, -0.2) is 19.7 Å². The highest BCUT2D eigenvalue weighted by Gasteiger charge is 2.32. The van der Waals surface area contributed by atoms with Crippen LogP contribution in [0.4, 0.5) is 10.6 Å². The van der Waals surface area contributed by atoms with Gasteiger partial charge in [0.1, 0.15) is 16.5 Å². The summed E-state index contributed by atoms with van der Waals surface area (Å²) in [6, 6.07) is 1.47. The van der Waals surface area contributed by atoms with Gasteiger partial charge in [0.2, 0.25) is 11.7 Å². The monoisotopic (exact) mass is 453 g/mol.